The Hall–Kier alpha value is -3.80. The van der Waals surface area contributed by atoms with E-state index in [0.717, 1.165) is 11.1 Å². The van der Waals surface area contributed by atoms with E-state index in [0.29, 0.717) is 11.4 Å². The van der Waals surface area contributed by atoms with Crippen LogP contribution in [0.4, 0.5) is 9.59 Å². The third-order valence-corrected chi connectivity index (χ3v) is 3.70. The average Bonchev–Trinajstić information content (AvgIpc) is 2.74. The van der Waals surface area contributed by atoms with Crippen LogP contribution in [-0.4, -0.2) is 23.6 Å². The minimum atomic E-state index is -0.684. The van der Waals surface area contributed by atoms with Crippen molar-refractivity contribution in [3.8, 4) is 0 Å². The molecule has 0 heterocycles. The highest BCUT2D eigenvalue weighted by Crippen LogP contribution is 2.05. The van der Waals surface area contributed by atoms with Crippen molar-refractivity contribution in [2.45, 2.75) is 13.2 Å². The molecule has 2 aromatic rings. The standard InChI is InChI=1S/C22H18N2O4/c25-21(27-15-17-7-3-1-4-8-17)23-19-11-13-20(14-12-19)24-22(26)28-16-18-9-5-2-6-10-18/h1-14H,15-16H2. The average molecular weight is 374 g/mol. The van der Waals surface area contributed by atoms with Crippen molar-refractivity contribution in [3.05, 3.63) is 96.1 Å². The Bertz CT molecular complexity index is 850. The fraction of sp³-hybridized carbons (Fsp3) is 0.0909. The van der Waals surface area contributed by atoms with Crippen LogP contribution in [0.5, 0.6) is 0 Å². The molecule has 0 fully saturated rings. The molecule has 2 amide bonds. The molecular formula is C22H18N2O4. The highest BCUT2D eigenvalue weighted by atomic mass is 16.5. The molecule has 0 aliphatic heterocycles. The molecule has 6 nitrogen and oxygen atoms in total. The third kappa shape index (κ3) is 6.17. The van der Waals surface area contributed by atoms with Gasteiger partial charge in [-0.1, -0.05) is 60.7 Å². The number of ether oxygens (including phenoxy) is 2. The van der Waals surface area contributed by atoms with Crippen molar-refractivity contribution in [1.29, 1.82) is 0 Å². The number of hydrogen-bond acceptors (Lipinski definition) is 4. The van der Waals surface area contributed by atoms with Crippen molar-refractivity contribution >= 4 is 23.6 Å². The molecule has 0 atom stereocenters. The van der Waals surface area contributed by atoms with Crippen molar-refractivity contribution in [2.75, 3.05) is 0 Å². The summed E-state index contributed by atoms with van der Waals surface area (Å²) in [6.45, 7) is 0.313. The molecule has 0 unspecified atom stereocenters. The van der Waals surface area contributed by atoms with Gasteiger partial charge < -0.3 is 9.47 Å². The maximum absolute atomic E-state index is 11.8. The zero-order chi connectivity index (χ0) is 19.6. The lowest BCUT2D eigenvalue weighted by molar-refractivity contribution is 0.150. The van der Waals surface area contributed by atoms with E-state index in [1.807, 2.05) is 60.7 Å². The molecule has 0 bridgehead atoms. The van der Waals surface area contributed by atoms with Crippen molar-refractivity contribution in [3.63, 3.8) is 0 Å². The van der Waals surface area contributed by atoms with Gasteiger partial charge in [0.15, 0.2) is 0 Å². The number of carbonyl (C=O) groups is 2. The first kappa shape index (κ1) is 19.0. The summed E-state index contributed by atoms with van der Waals surface area (Å²) < 4.78 is 10.2. The van der Waals surface area contributed by atoms with E-state index in [-0.39, 0.29) is 13.2 Å². The third-order valence-electron chi connectivity index (χ3n) is 3.70. The summed E-state index contributed by atoms with van der Waals surface area (Å²) in [5.41, 5.74) is 2.59. The van der Waals surface area contributed by atoms with Gasteiger partial charge in [0.1, 0.15) is 13.2 Å². The number of allylic oxidation sites excluding steroid dienone is 4. The molecule has 1 aliphatic carbocycles. The topological polar surface area (TPSA) is 77.3 Å². The largest absolute Gasteiger partial charge is 0.443 e. The van der Waals surface area contributed by atoms with Crippen LogP contribution < -0.4 is 0 Å². The maximum atomic E-state index is 11.8. The van der Waals surface area contributed by atoms with E-state index in [2.05, 4.69) is 9.98 Å². The summed E-state index contributed by atoms with van der Waals surface area (Å²) in [5.74, 6) is 0. The minimum absolute atomic E-state index is 0.157. The zero-order valence-corrected chi connectivity index (χ0v) is 15.0. The molecule has 3 rings (SSSR count). The summed E-state index contributed by atoms with van der Waals surface area (Å²) in [7, 11) is 0. The Morgan fingerprint density at radius 1 is 0.607 bits per heavy atom. The Labute approximate surface area is 162 Å². The van der Waals surface area contributed by atoms with Gasteiger partial charge in [-0.25, -0.2) is 9.59 Å². The molecule has 140 valence electrons. The van der Waals surface area contributed by atoms with Crippen molar-refractivity contribution in [1.82, 2.24) is 0 Å². The lowest BCUT2D eigenvalue weighted by Gasteiger charge is -2.04. The summed E-state index contributed by atoms with van der Waals surface area (Å²) in [6.07, 6.45) is 4.94. The Morgan fingerprint density at radius 3 is 1.32 bits per heavy atom. The van der Waals surface area contributed by atoms with E-state index in [1.165, 1.54) is 0 Å². The second-order valence-electron chi connectivity index (χ2n) is 5.82. The van der Waals surface area contributed by atoms with Gasteiger partial charge in [0.25, 0.3) is 0 Å². The van der Waals surface area contributed by atoms with Gasteiger partial charge in [-0.15, -0.1) is 0 Å². The SMILES string of the molecule is O=C(N=C1C=CC(=NC(=O)OCc2ccccc2)C=C1)OCc1ccccc1. The van der Waals surface area contributed by atoms with Crippen LogP contribution in [0.2, 0.25) is 0 Å². The van der Waals surface area contributed by atoms with Gasteiger partial charge in [0.05, 0.1) is 11.4 Å². The lowest BCUT2D eigenvalue weighted by Crippen LogP contribution is -2.07. The number of amides is 2. The fourth-order valence-corrected chi connectivity index (χ4v) is 2.32. The first-order valence-corrected chi connectivity index (χ1v) is 8.64. The maximum Gasteiger partial charge on any atom is 0.434 e. The van der Waals surface area contributed by atoms with Gasteiger partial charge in [0.2, 0.25) is 0 Å². The molecule has 28 heavy (non-hydrogen) atoms. The van der Waals surface area contributed by atoms with E-state index >= 15 is 0 Å². The Balaban J connectivity index is 1.48. The normalized spacial score (nSPS) is 12.4. The number of carbonyl (C=O) groups excluding carboxylic acids is 2. The lowest BCUT2D eigenvalue weighted by atomic mass is 10.1. The molecule has 0 saturated heterocycles. The van der Waals surface area contributed by atoms with E-state index < -0.39 is 12.2 Å². The molecule has 6 heteroatoms. The number of rotatable bonds is 4. The van der Waals surface area contributed by atoms with Crippen LogP contribution in [0.15, 0.2) is 95.0 Å². The summed E-state index contributed by atoms with van der Waals surface area (Å²) in [4.78, 5) is 31.3. The van der Waals surface area contributed by atoms with Gasteiger partial charge in [-0.05, 0) is 35.4 Å². The molecule has 0 N–H and O–H groups in total. The number of nitrogens with zero attached hydrogens (tertiary/aromatic N) is 2. The first-order chi connectivity index (χ1) is 13.7. The van der Waals surface area contributed by atoms with Crippen LogP contribution in [0, 0.1) is 0 Å². The van der Waals surface area contributed by atoms with Gasteiger partial charge in [-0.3, -0.25) is 0 Å². The highest BCUT2D eigenvalue weighted by Gasteiger charge is 2.07. The number of aliphatic imine (C=N–C) groups is 2. The number of benzene rings is 2. The number of hydrogen-bond donors (Lipinski definition) is 0. The Kier molecular flexibility index (Phi) is 6.62. The molecule has 0 aromatic heterocycles. The van der Waals surface area contributed by atoms with Gasteiger partial charge >= 0.3 is 12.2 Å². The van der Waals surface area contributed by atoms with Crippen LogP contribution in [-0.2, 0) is 22.7 Å². The quantitative estimate of drug-likeness (QED) is 0.729. The fourth-order valence-electron chi connectivity index (χ4n) is 2.32. The van der Waals surface area contributed by atoms with Crippen LogP contribution >= 0.6 is 0 Å². The predicted octanol–water partition coefficient (Wildman–Crippen LogP) is 4.67. The van der Waals surface area contributed by atoms with Crippen molar-refractivity contribution in [2.24, 2.45) is 9.98 Å². The summed E-state index contributed by atoms with van der Waals surface area (Å²) in [5, 5.41) is 0. The molecule has 0 spiro atoms. The van der Waals surface area contributed by atoms with E-state index in [9.17, 15) is 9.59 Å². The molecule has 2 aromatic carbocycles. The monoisotopic (exact) mass is 374 g/mol. The van der Waals surface area contributed by atoms with E-state index in [1.54, 1.807) is 24.3 Å². The van der Waals surface area contributed by atoms with Crippen molar-refractivity contribution < 1.29 is 19.1 Å². The second kappa shape index (κ2) is 9.78. The zero-order valence-electron chi connectivity index (χ0n) is 15.0. The molecular weight excluding hydrogens is 356 g/mol. The smallest absolute Gasteiger partial charge is 0.434 e. The van der Waals surface area contributed by atoms with Crippen LogP contribution in [0.1, 0.15) is 11.1 Å². The van der Waals surface area contributed by atoms with Gasteiger partial charge in [-0.2, -0.15) is 9.98 Å². The summed E-state index contributed by atoms with van der Waals surface area (Å²) >= 11 is 0. The second-order valence-corrected chi connectivity index (χ2v) is 5.82. The Morgan fingerprint density at radius 2 is 0.964 bits per heavy atom. The minimum Gasteiger partial charge on any atom is -0.443 e. The predicted molar refractivity (Wildman–Crippen MR) is 106 cm³/mol. The van der Waals surface area contributed by atoms with Gasteiger partial charge in [0, 0.05) is 0 Å². The molecule has 1 aliphatic rings. The van der Waals surface area contributed by atoms with E-state index in [4.69, 9.17) is 9.47 Å². The molecule has 0 saturated carbocycles. The summed E-state index contributed by atoms with van der Waals surface area (Å²) in [6, 6.07) is 18.7. The molecule has 0 radical (unpaired) electrons. The first-order valence-electron chi connectivity index (χ1n) is 8.64. The highest BCUT2D eigenvalue weighted by molar-refractivity contribution is 6.21. The van der Waals surface area contributed by atoms with Crippen LogP contribution in [0.25, 0.3) is 0 Å². The van der Waals surface area contributed by atoms with Crippen LogP contribution in [0.3, 0.4) is 0 Å².